The Hall–Kier alpha value is -1.71. The molecule has 20 heavy (non-hydrogen) atoms. The summed E-state index contributed by atoms with van der Waals surface area (Å²) < 4.78 is 5.53. The Morgan fingerprint density at radius 3 is 2.70 bits per heavy atom. The second-order valence-electron chi connectivity index (χ2n) is 4.92. The van der Waals surface area contributed by atoms with Crippen molar-refractivity contribution in [2.45, 2.75) is 46.0 Å². The molecule has 0 radical (unpaired) electrons. The summed E-state index contributed by atoms with van der Waals surface area (Å²) in [4.78, 5) is 12.0. The number of benzene rings is 1. The molecule has 0 saturated heterocycles. The maximum Gasteiger partial charge on any atom is 0.251 e. The Morgan fingerprint density at radius 1 is 1.20 bits per heavy atom. The normalized spacial score (nSPS) is 10.3. The van der Waals surface area contributed by atoms with Gasteiger partial charge in [-0.15, -0.1) is 0 Å². The summed E-state index contributed by atoms with van der Waals surface area (Å²) in [6.07, 6.45) is 5.50. The van der Waals surface area contributed by atoms with Crippen molar-refractivity contribution >= 4 is 11.6 Å². The van der Waals surface area contributed by atoms with E-state index in [1.807, 2.05) is 6.92 Å². The number of amides is 1. The van der Waals surface area contributed by atoms with Crippen molar-refractivity contribution in [1.29, 1.82) is 0 Å². The van der Waals surface area contributed by atoms with Crippen molar-refractivity contribution in [3.05, 3.63) is 23.8 Å². The Balaban J connectivity index is 2.50. The minimum Gasteiger partial charge on any atom is -0.491 e. The second-order valence-corrected chi connectivity index (χ2v) is 4.92. The third-order valence-electron chi connectivity index (χ3n) is 3.05. The van der Waals surface area contributed by atoms with Gasteiger partial charge >= 0.3 is 0 Å². The van der Waals surface area contributed by atoms with E-state index in [9.17, 15) is 4.79 Å². The van der Waals surface area contributed by atoms with Gasteiger partial charge in [-0.2, -0.15) is 0 Å². The minimum absolute atomic E-state index is 0.0668. The van der Waals surface area contributed by atoms with Crippen LogP contribution >= 0.6 is 0 Å². The number of carbonyl (C=O) groups excluding carboxylic acids is 1. The highest BCUT2D eigenvalue weighted by Crippen LogP contribution is 2.22. The van der Waals surface area contributed by atoms with Crippen LogP contribution in [0.5, 0.6) is 5.75 Å². The molecule has 0 aliphatic rings. The van der Waals surface area contributed by atoms with E-state index < -0.39 is 0 Å². The fourth-order valence-corrected chi connectivity index (χ4v) is 1.87. The van der Waals surface area contributed by atoms with Crippen LogP contribution in [0.2, 0.25) is 0 Å². The monoisotopic (exact) mass is 278 g/mol. The van der Waals surface area contributed by atoms with E-state index in [1.165, 1.54) is 12.8 Å². The number of anilines is 1. The van der Waals surface area contributed by atoms with Crippen LogP contribution in [0.4, 0.5) is 5.69 Å². The van der Waals surface area contributed by atoms with Gasteiger partial charge in [0.1, 0.15) is 5.75 Å². The predicted molar refractivity (Wildman–Crippen MR) is 83.1 cm³/mol. The molecule has 1 amide bonds. The van der Waals surface area contributed by atoms with E-state index >= 15 is 0 Å². The molecule has 0 fully saturated rings. The molecule has 0 aliphatic heterocycles. The topological polar surface area (TPSA) is 64.4 Å². The predicted octanol–water partition coefficient (Wildman–Crippen LogP) is 3.37. The van der Waals surface area contributed by atoms with Crippen molar-refractivity contribution < 1.29 is 9.53 Å². The third-order valence-corrected chi connectivity index (χ3v) is 3.05. The molecule has 1 rings (SSSR count). The van der Waals surface area contributed by atoms with Crippen molar-refractivity contribution in [1.82, 2.24) is 5.32 Å². The summed E-state index contributed by atoms with van der Waals surface area (Å²) in [5, 5.41) is 2.93. The van der Waals surface area contributed by atoms with Gasteiger partial charge in [0.2, 0.25) is 0 Å². The van der Waals surface area contributed by atoms with Gasteiger partial charge in [0.15, 0.2) is 0 Å². The highest BCUT2D eigenvalue weighted by molar-refractivity contribution is 5.95. The fourth-order valence-electron chi connectivity index (χ4n) is 1.87. The van der Waals surface area contributed by atoms with Crippen LogP contribution in [-0.2, 0) is 0 Å². The lowest BCUT2D eigenvalue weighted by atomic mass is 10.1. The highest BCUT2D eigenvalue weighted by atomic mass is 16.5. The van der Waals surface area contributed by atoms with Gasteiger partial charge in [0.05, 0.1) is 12.3 Å². The molecule has 0 spiro atoms. The molecule has 3 N–H and O–H groups in total. The van der Waals surface area contributed by atoms with Gasteiger partial charge in [-0.1, -0.05) is 33.1 Å². The third kappa shape index (κ3) is 5.51. The molecule has 0 atom stereocenters. The van der Waals surface area contributed by atoms with Crippen LogP contribution in [0.15, 0.2) is 18.2 Å². The minimum atomic E-state index is -0.0668. The van der Waals surface area contributed by atoms with Crippen LogP contribution in [0.3, 0.4) is 0 Å². The summed E-state index contributed by atoms with van der Waals surface area (Å²) >= 11 is 0. The van der Waals surface area contributed by atoms with Crippen LogP contribution in [0, 0.1) is 0 Å². The summed E-state index contributed by atoms with van der Waals surface area (Å²) in [6.45, 7) is 5.52. The lowest BCUT2D eigenvalue weighted by Gasteiger charge is -2.10. The van der Waals surface area contributed by atoms with E-state index in [0.29, 0.717) is 30.2 Å². The maximum absolute atomic E-state index is 12.0. The number of unbranched alkanes of at least 4 members (excludes halogenated alkanes) is 3. The van der Waals surface area contributed by atoms with Crippen molar-refractivity contribution in [3.63, 3.8) is 0 Å². The molecule has 4 nitrogen and oxygen atoms in total. The van der Waals surface area contributed by atoms with Crippen LogP contribution in [0.25, 0.3) is 0 Å². The number of rotatable bonds is 9. The zero-order valence-corrected chi connectivity index (χ0v) is 12.6. The average Bonchev–Trinajstić information content (AvgIpc) is 2.46. The second kappa shape index (κ2) is 9.23. The standard InChI is InChI=1S/C16H26N2O2/c1-3-5-6-7-10-18-16(19)13-8-9-14(17)15(12-13)20-11-4-2/h8-9,12H,3-7,10-11,17H2,1-2H3,(H,18,19). The highest BCUT2D eigenvalue weighted by Gasteiger charge is 2.08. The summed E-state index contributed by atoms with van der Waals surface area (Å²) in [7, 11) is 0. The van der Waals surface area contributed by atoms with Gasteiger partial charge in [-0.3, -0.25) is 4.79 Å². The van der Waals surface area contributed by atoms with Crippen molar-refractivity contribution in [2.24, 2.45) is 0 Å². The van der Waals surface area contributed by atoms with Gasteiger partial charge in [-0.25, -0.2) is 0 Å². The van der Waals surface area contributed by atoms with E-state index in [0.717, 1.165) is 19.3 Å². The molecule has 0 saturated carbocycles. The lowest BCUT2D eigenvalue weighted by Crippen LogP contribution is -2.24. The van der Waals surface area contributed by atoms with Gasteiger partial charge in [0, 0.05) is 12.1 Å². The van der Waals surface area contributed by atoms with Gasteiger partial charge in [0.25, 0.3) is 5.91 Å². The molecule has 1 aromatic rings. The first kappa shape index (κ1) is 16.3. The number of ether oxygens (including phenoxy) is 1. The Morgan fingerprint density at radius 2 is 2.00 bits per heavy atom. The van der Waals surface area contributed by atoms with Crippen LogP contribution < -0.4 is 15.8 Å². The van der Waals surface area contributed by atoms with E-state index in [2.05, 4.69) is 12.2 Å². The first-order valence-corrected chi connectivity index (χ1v) is 7.49. The van der Waals surface area contributed by atoms with Gasteiger partial charge < -0.3 is 15.8 Å². The molecule has 0 aliphatic carbocycles. The number of carbonyl (C=O) groups is 1. The molecular formula is C16H26N2O2. The molecule has 0 unspecified atom stereocenters. The molecule has 1 aromatic carbocycles. The fraction of sp³-hybridized carbons (Fsp3) is 0.562. The summed E-state index contributed by atoms with van der Waals surface area (Å²) in [6, 6.07) is 5.17. The number of nitrogens with two attached hydrogens (primary N) is 1. The molecule has 4 heteroatoms. The first-order valence-electron chi connectivity index (χ1n) is 7.49. The Bertz CT molecular complexity index is 419. The van der Waals surface area contributed by atoms with E-state index in [4.69, 9.17) is 10.5 Å². The van der Waals surface area contributed by atoms with E-state index in [-0.39, 0.29) is 5.91 Å². The Labute approximate surface area is 121 Å². The van der Waals surface area contributed by atoms with E-state index in [1.54, 1.807) is 18.2 Å². The SMILES string of the molecule is CCCCCCNC(=O)c1ccc(N)c(OCCC)c1. The summed E-state index contributed by atoms with van der Waals surface area (Å²) in [5.74, 6) is 0.522. The zero-order chi connectivity index (χ0) is 14.8. The quantitative estimate of drug-likeness (QED) is 0.537. The average molecular weight is 278 g/mol. The molecule has 112 valence electrons. The zero-order valence-electron chi connectivity index (χ0n) is 12.6. The molecule has 0 heterocycles. The number of hydrogen-bond acceptors (Lipinski definition) is 3. The number of nitrogens with one attached hydrogen (secondary N) is 1. The Kier molecular flexibility index (Phi) is 7.55. The smallest absolute Gasteiger partial charge is 0.251 e. The molecule has 0 bridgehead atoms. The number of nitrogen functional groups attached to an aromatic ring is 1. The largest absolute Gasteiger partial charge is 0.491 e. The lowest BCUT2D eigenvalue weighted by molar-refractivity contribution is 0.0952. The van der Waals surface area contributed by atoms with Crippen molar-refractivity contribution in [2.75, 3.05) is 18.9 Å². The summed E-state index contributed by atoms with van der Waals surface area (Å²) in [5.41, 5.74) is 6.99. The van der Waals surface area contributed by atoms with Gasteiger partial charge in [-0.05, 0) is 31.0 Å². The molecule has 0 aromatic heterocycles. The van der Waals surface area contributed by atoms with Crippen molar-refractivity contribution in [3.8, 4) is 5.75 Å². The van der Waals surface area contributed by atoms with Crippen LogP contribution in [-0.4, -0.2) is 19.1 Å². The van der Waals surface area contributed by atoms with Crippen LogP contribution in [0.1, 0.15) is 56.3 Å². The molecular weight excluding hydrogens is 252 g/mol. The first-order chi connectivity index (χ1) is 9.69. The number of hydrogen-bond donors (Lipinski definition) is 2. The maximum atomic E-state index is 12.0.